The number of nitrogens with zero attached hydrogens (tertiary/aromatic N) is 5. The van der Waals surface area contributed by atoms with Crippen molar-refractivity contribution in [3.63, 3.8) is 0 Å². The smallest absolute Gasteiger partial charge is 0.420 e. The van der Waals surface area contributed by atoms with Crippen LogP contribution in [0.4, 0.5) is 30.6 Å². The first kappa shape index (κ1) is 28.8. The van der Waals surface area contributed by atoms with E-state index in [-0.39, 0.29) is 45.3 Å². The van der Waals surface area contributed by atoms with Crippen molar-refractivity contribution < 1.29 is 31.4 Å². The Morgan fingerprint density at radius 2 is 2.05 bits per heavy atom. The number of likely N-dealkylation sites (tertiary alicyclic amines) is 1. The van der Waals surface area contributed by atoms with Crippen molar-refractivity contribution >= 4 is 44.4 Å². The van der Waals surface area contributed by atoms with E-state index < -0.39 is 27.3 Å². The van der Waals surface area contributed by atoms with Crippen molar-refractivity contribution in [2.24, 2.45) is 0 Å². The number of anilines is 3. The van der Waals surface area contributed by atoms with Crippen LogP contribution in [0.2, 0.25) is 0 Å². The monoisotopic (exact) mass is 622 g/mol. The number of hydrogen-bond donors (Lipinski definition) is 2. The van der Waals surface area contributed by atoms with Gasteiger partial charge in [-0.1, -0.05) is 13.5 Å². The number of aliphatic hydroxyl groups is 1. The number of ether oxygens (including phenoxy) is 1. The first-order chi connectivity index (χ1) is 20.0. The number of halogens is 3. The van der Waals surface area contributed by atoms with E-state index in [2.05, 4.69) is 31.7 Å². The largest absolute Gasteiger partial charge is 0.492 e. The molecule has 0 spiro atoms. The van der Waals surface area contributed by atoms with Gasteiger partial charge in [-0.2, -0.15) is 13.2 Å². The number of nitrogens with one attached hydrogen (secondary N) is 1. The molecule has 6 heterocycles. The molecule has 3 aliphatic heterocycles. The Kier molecular flexibility index (Phi) is 7.40. The van der Waals surface area contributed by atoms with Crippen molar-refractivity contribution in [1.82, 2.24) is 19.9 Å². The van der Waals surface area contributed by atoms with Crippen molar-refractivity contribution in [2.45, 2.75) is 42.9 Å². The molecule has 2 atom stereocenters. The van der Waals surface area contributed by atoms with Gasteiger partial charge in [0.15, 0.2) is 9.84 Å². The molecule has 0 saturated carbocycles. The van der Waals surface area contributed by atoms with Gasteiger partial charge in [-0.3, -0.25) is 4.90 Å². The summed E-state index contributed by atoms with van der Waals surface area (Å²) < 4.78 is 72.9. The van der Waals surface area contributed by atoms with Crippen LogP contribution >= 0.6 is 11.3 Å². The SMILES string of the molecule is C=C1OCCS(=O)(=O)c2cc(-c3nc(Nc4ccc(N5C[C@H]6C[C@@H]5CN6CCO)nc4CC)ncc3C(F)(F)F)sc21. The minimum absolute atomic E-state index is 0.0107. The number of alkyl halides is 3. The normalized spacial score (nSPS) is 21.7. The first-order valence-corrected chi connectivity index (χ1v) is 16.0. The van der Waals surface area contributed by atoms with Crippen LogP contribution in [0, 0.1) is 0 Å². The summed E-state index contributed by atoms with van der Waals surface area (Å²) in [6.07, 6.45) is -2.51. The van der Waals surface area contributed by atoms with Crippen LogP contribution in [0.15, 0.2) is 35.9 Å². The maximum atomic E-state index is 14.0. The summed E-state index contributed by atoms with van der Waals surface area (Å²) in [5, 5.41) is 12.3. The quantitative estimate of drug-likeness (QED) is 0.401. The molecule has 0 radical (unpaired) electrons. The fourth-order valence-corrected chi connectivity index (χ4v) is 8.57. The molecule has 0 unspecified atom stereocenters. The Morgan fingerprint density at radius 3 is 2.74 bits per heavy atom. The molecule has 0 aromatic carbocycles. The number of sulfone groups is 1. The topological polar surface area (TPSA) is 121 Å². The van der Waals surface area contributed by atoms with E-state index >= 15 is 0 Å². The summed E-state index contributed by atoms with van der Waals surface area (Å²) in [5.74, 6) is 0.532. The average Bonchev–Trinajstić information content (AvgIpc) is 3.66. The number of aryl methyl sites for hydroxylation is 1. The third-order valence-electron chi connectivity index (χ3n) is 7.82. The molecule has 3 aliphatic rings. The molecule has 2 saturated heterocycles. The van der Waals surface area contributed by atoms with Gasteiger partial charge in [0, 0.05) is 37.9 Å². The molecule has 3 aromatic heterocycles. The standard InChI is InChI=1S/C27H29F3N6O4S2/c1-3-19-20(4-5-23(32-19)36-14-16-10-17(36)13-35(16)6-7-37)33-26-31-12-18(27(28,29)30)24(34-26)21-11-22-25(41-21)15(2)40-8-9-42(22,38)39/h4-5,11-12,16-17,37H,2-3,6-10,13-14H2,1H3,(H,31,33,34)/t16-,17-/m1/s1. The van der Waals surface area contributed by atoms with Crippen LogP contribution < -0.4 is 10.2 Å². The van der Waals surface area contributed by atoms with Gasteiger partial charge >= 0.3 is 6.18 Å². The van der Waals surface area contributed by atoms with Gasteiger partial charge in [0.2, 0.25) is 5.95 Å². The molecule has 2 bridgehead atoms. The van der Waals surface area contributed by atoms with Crippen LogP contribution in [-0.4, -0.2) is 84.1 Å². The number of β-amino-alcohol motifs (C(OH)–C–C–N with tert-alkyl or cyclic N) is 1. The fraction of sp³-hybridized carbons (Fsp3) is 0.444. The van der Waals surface area contributed by atoms with Crippen LogP contribution in [-0.2, 0) is 27.2 Å². The second-order valence-corrected chi connectivity index (χ2v) is 13.5. The Morgan fingerprint density at radius 1 is 1.24 bits per heavy atom. The van der Waals surface area contributed by atoms with Gasteiger partial charge in [-0.25, -0.2) is 23.4 Å². The van der Waals surface area contributed by atoms with Crippen molar-refractivity contribution in [1.29, 1.82) is 0 Å². The highest BCUT2D eigenvalue weighted by molar-refractivity contribution is 7.91. The molecule has 10 nitrogen and oxygen atoms in total. The van der Waals surface area contributed by atoms with E-state index in [1.807, 2.05) is 19.1 Å². The first-order valence-electron chi connectivity index (χ1n) is 13.5. The second kappa shape index (κ2) is 10.8. The van der Waals surface area contributed by atoms with Gasteiger partial charge in [0.1, 0.15) is 23.7 Å². The summed E-state index contributed by atoms with van der Waals surface area (Å²) in [4.78, 5) is 17.6. The average molecular weight is 623 g/mol. The Balaban J connectivity index is 1.31. The Hall–Kier alpha value is -3.27. The van der Waals surface area contributed by atoms with Gasteiger partial charge in [-0.05, 0) is 31.0 Å². The molecule has 15 heteroatoms. The van der Waals surface area contributed by atoms with Crippen molar-refractivity contribution in [2.75, 3.05) is 48.8 Å². The van der Waals surface area contributed by atoms with E-state index in [9.17, 15) is 26.7 Å². The summed E-state index contributed by atoms with van der Waals surface area (Å²) in [6, 6.07) is 5.58. The number of piperazine rings is 1. The summed E-state index contributed by atoms with van der Waals surface area (Å²) in [5.41, 5.74) is -0.263. The zero-order valence-electron chi connectivity index (χ0n) is 22.7. The molecule has 2 fully saturated rings. The second-order valence-electron chi connectivity index (χ2n) is 10.4. The van der Waals surface area contributed by atoms with Crippen molar-refractivity contribution in [3.05, 3.63) is 47.1 Å². The lowest BCUT2D eigenvalue weighted by atomic mass is 10.2. The molecule has 224 valence electrons. The molecule has 3 aromatic rings. The lowest BCUT2D eigenvalue weighted by Gasteiger charge is -2.34. The minimum Gasteiger partial charge on any atom is -0.492 e. The van der Waals surface area contributed by atoms with E-state index in [1.165, 1.54) is 6.07 Å². The van der Waals surface area contributed by atoms with Crippen molar-refractivity contribution in [3.8, 4) is 10.6 Å². The highest BCUT2D eigenvalue weighted by Gasteiger charge is 2.43. The minimum atomic E-state index is -4.78. The summed E-state index contributed by atoms with van der Waals surface area (Å²) in [7, 11) is -3.78. The molecular formula is C27H29F3N6O4S2. The number of hydrogen-bond acceptors (Lipinski definition) is 11. The van der Waals surface area contributed by atoms with Gasteiger partial charge in [0.25, 0.3) is 0 Å². The van der Waals surface area contributed by atoms with Crippen LogP contribution in [0.25, 0.3) is 16.3 Å². The van der Waals surface area contributed by atoms with E-state index in [0.717, 1.165) is 36.7 Å². The molecule has 42 heavy (non-hydrogen) atoms. The van der Waals surface area contributed by atoms with E-state index in [1.54, 1.807) is 0 Å². The number of pyridine rings is 1. The predicted octanol–water partition coefficient (Wildman–Crippen LogP) is 3.95. The highest BCUT2D eigenvalue weighted by Crippen LogP contribution is 2.44. The van der Waals surface area contributed by atoms with Crippen LogP contribution in [0.5, 0.6) is 0 Å². The maximum absolute atomic E-state index is 14.0. The highest BCUT2D eigenvalue weighted by atomic mass is 32.2. The summed E-state index contributed by atoms with van der Waals surface area (Å²) in [6.45, 7) is 8.07. The molecule has 0 aliphatic carbocycles. The summed E-state index contributed by atoms with van der Waals surface area (Å²) >= 11 is 0.833. The maximum Gasteiger partial charge on any atom is 0.420 e. The zero-order valence-corrected chi connectivity index (χ0v) is 24.3. The molecule has 6 rings (SSSR count). The number of aromatic nitrogens is 3. The molecular weight excluding hydrogens is 593 g/mol. The van der Waals surface area contributed by atoms with Gasteiger partial charge in [0.05, 0.1) is 44.1 Å². The Labute approximate surface area is 244 Å². The lowest BCUT2D eigenvalue weighted by molar-refractivity contribution is -0.137. The zero-order chi connectivity index (χ0) is 29.8. The number of thiophene rings is 1. The predicted molar refractivity (Wildman–Crippen MR) is 152 cm³/mol. The number of fused-ring (bicyclic) bond motifs is 3. The molecule has 2 N–H and O–H groups in total. The van der Waals surface area contributed by atoms with Gasteiger partial charge in [-0.15, -0.1) is 11.3 Å². The molecule has 0 amide bonds. The fourth-order valence-electron chi connectivity index (χ4n) is 5.79. The van der Waals surface area contributed by atoms with Crippen LogP contribution in [0.1, 0.15) is 29.5 Å². The van der Waals surface area contributed by atoms with Crippen LogP contribution in [0.3, 0.4) is 0 Å². The number of aliphatic hydroxyl groups excluding tert-OH is 1. The van der Waals surface area contributed by atoms with Gasteiger partial charge < -0.3 is 20.1 Å². The Bertz CT molecular complexity index is 1640. The lowest BCUT2D eigenvalue weighted by Crippen LogP contribution is -2.47. The number of rotatable bonds is 7. The third-order valence-corrected chi connectivity index (χ3v) is 10.8. The third kappa shape index (κ3) is 5.23. The van der Waals surface area contributed by atoms with E-state index in [4.69, 9.17) is 9.72 Å². The van der Waals surface area contributed by atoms with E-state index in [0.29, 0.717) is 42.6 Å².